The smallest absolute Gasteiger partial charge is 0.131 e. The van der Waals surface area contributed by atoms with Crippen molar-refractivity contribution in [3.8, 4) is 0 Å². The van der Waals surface area contributed by atoms with Crippen LogP contribution in [0.5, 0.6) is 0 Å². The zero-order valence-electron chi connectivity index (χ0n) is 10.8. The van der Waals surface area contributed by atoms with Crippen molar-refractivity contribution in [2.45, 2.75) is 4.83 Å². The molecule has 0 bridgehead atoms. The van der Waals surface area contributed by atoms with Gasteiger partial charge >= 0.3 is 0 Å². The van der Waals surface area contributed by atoms with Crippen LogP contribution >= 0.6 is 27.5 Å². The molecule has 0 radical (unpaired) electrons. The van der Waals surface area contributed by atoms with Gasteiger partial charge in [-0.15, -0.1) is 0 Å². The lowest BCUT2D eigenvalue weighted by Gasteiger charge is -2.16. The van der Waals surface area contributed by atoms with Crippen LogP contribution in [-0.2, 0) is 0 Å². The van der Waals surface area contributed by atoms with Crippen molar-refractivity contribution in [2.75, 3.05) is 0 Å². The summed E-state index contributed by atoms with van der Waals surface area (Å²) in [6.07, 6.45) is 0. The Morgan fingerprint density at radius 3 is 2.24 bits per heavy atom. The molecule has 0 saturated carbocycles. The lowest BCUT2D eigenvalue weighted by Crippen LogP contribution is -1.99. The fourth-order valence-electron chi connectivity index (χ4n) is 2.41. The fourth-order valence-corrected chi connectivity index (χ4v) is 3.68. The minimum absolute atomic E-state index is 0.298. The van der Waals surface area contributed by atoms with Gasteiger partial charge in [-0.05, 0) is 29.1 Å². The number of alkyl halides is 1. The van der Waals surface area contributed by atoms with Crippen LogP contribution in [0.4, 0.5) is 8.78 Å². The third kappa shape index (κ3) is 2.56. The van der Waals surface area contributed by atoms with E-state index in [9.17, 15) is 8.78 Å². The molecule has 0 aromatic heterocycles. The molecule has 0 saturated heterocycles. The number of rotatable bonds is 2. The van der Waals surface area contributed by atoms with Crippen LogP contribution in [0, 0.1) is 11.6 Å². The third-order valence-corrected chi connectivity index (χ3v) is 4.71. The van der Waals surface area contributed by atoms with Crippen molar-refractivity contribution in [3.63, 3.8) is 0 Å². The predicted molar refractivity (Wildman–Crippen MR) is 86.1 cm³/mol. The molecule has 0 amide bonds. The molecule has 0 heterocycles. The van der Waals surface area contributed by atoms with Crippen LogP contribution in [0.3, 0.4) is 0 Å². The molecule has 3 aromatic rings. The second-order valence-corrected chi connectivity index (χ2v) is 6.00. The van der Waals surface area contributed by atoms with Gasteiger partial charge in [0.15, 0.2) is 0 Å². The van der Waals surface area contributed by atoms with E-state index in [4.69, 9.17) is 11.6 Å². The first kappa shape index (κ1) is 14.5. The molecule has 0 fully saturated rings. The number of hydrogen-bond donors (Lipinski definition) is 0. The lowest BCUT2D eigenvalue weighted by molar-refractivity contribution is 0.613. The quantitative estimate of drug-likeness (QED) is 0.469. The van der Waals surface area contributed by atoms with Gasteiger partial charge in [-0.3, -0.25) is 0 Å². The average Bonchev–Trinajstić information content (AvgIpc) is 2.47. The maximum absolute atomic E-state index is 14.1. The molecule has 4 heteroatoms. The summed E-state index contributed by atoms with van der Waals surface area (Å²) in [6.45, 7) is 0. The summed E-state index contributed by atoms with van der Waals surface area (Å²) < 4.78 is 28.0. The summed E-state index contributed by atoms with van der Waals surface area (Å²) in [5.41, 5.74) is 1.13. The van der Waals surface area contributed by atoms with Crippen LogP contribution in [0.2, 0.25) is 5.02 Å². The Bertz CT molecular complexity index is 797. The van der Waals surface area contributed by atoms with Crippen LogP contribution in [-0.4, -0.2) is 0 Å². The van der Waals surface area contributed by atoms with E-state index in [1.54, 1.807) is 30.3 Å². The molecule has 106 valence electrons. The highest BCUT2D eigenvalue weighted by molar-refractivity contribution is 9.09. The second-order valence-electron chi connectivity index (χ2n) is 4.68. The van der Waals surface area contributed by atoms with E-state index in [-0.39, 0.29) is 5.82 Å². The average molecular weight is 368 g/mol. The molecule has 3 rings (SSSR count). The van der Waals surface area contributed by atoms with Crippen LogP contribution < -0.4 is 0 Å². The van der Waals surface area contributed by atoms with E-state index >= 15 is 0 Å². The number of hydrogen-bond acceptors (Lipinski definition) is 0. The zero-order valence-corrected chi connectivity index (χ0v) is 13.1. The summed E-state index contributed by atoms with van der Waals surface area (Å²) >= 11 is 9.61. The minimum atomic E-state index is -0.448. The van der Waals surface area contributed by atoms with Gasteiger partial charge < -0.3 is 0 Å². The van der Waals surface area contributed by atoms with Gasteiger partial charge in [0.1, 0.15) is 11.6 Å². The zero-order chi connectivity index (χ0) is 15.0. The van der Waals surface area contributed by atoms with E-state index in [1.807, 2.05) is 12.1 Å². The number of halogens is 4. The summed E-state index contributed by atoms with van der Waals surface area (Å²) in [6, 6.07) is 14.7. The van der Waals surface area contributed by atoms with Crippen molar-refractivity contribution >= 4 is 38.3 Å². The van der Waals surface area contributed by atoms with Crippen LogP contribution in [0.15, 0.2) is 54.6 Å². The molecule has 0 aliphatic rings. The molecular weight excluding hydrogens is 358 g/mol. The van der Waals surface area contributed by atoms with Gasteiger partial charge in [0.2, 0.25) is 0 Å². The Kier molecular flexibility index (Phi) is 3.96. The first-order chi connectivity index (χ1) is 10.1. The van der Waals surface area contributed by atoms with E-state index in [1.165, 1.54) is 12.1 Å². The molecule has 21 heavy (non-hydrogen) atoms. The first-order valence-electron chi connectivity index (χ1n) is 6.34. The highest BCUT2D eigenvalue weighted by Gasteiger charge is 2.20. The minimum Gasteiger partial charge on any atom is -0.207 e. The number of fused-ring (bicyclic) bond motifs is 1. The Labute approximate surface area is 134 Å². The molecule has 0 spiro atoms. The predicted octanol–water partition coefficient (Wildman–Crippen LogP) is 6.26. The van der Waals surface area contributed by atoms with Gasteiger partial charge in [-0.1, -0.05) is 63.9 Å². The van der Waals surface area contributed by atoms with E-state index in [0.29, 0.717) is 16.0 Å². The van der Waals surface area contributed by atoms with Crippen LogP contribution in [0.1, 0.15) is 16.0 Å². The van der Waals surface area contributed by atoms with Crippen molar-refractivity contribution in [1.29, 1.82) is 0 Å². The summed E-state index contributed by atoms with van der Waals surface area (Å²) in [5, 5.41) is 1.58. The maximum Gasteiger partial charge on any atom is 0.131 e. The van der Waals surface area contributed by atoms with Crippen molar-refractivity contribution in [2.24, 2.45) is 0 Å². The molecule has 0 aliphatic carbocycles. The number of benzene rings is 3. The molecule has 0 N–H and O–H groups in total. The van der Waals surface area contributed by atoms with Gasteiger partial charge in [0.25, 0.3) is 0 Å². The van der Waals surface area contributed by atoms with Crippen molar-refractivity contribution in [1.82, 2.24) is 0 Å². The van der Waals surface area contributed by atoms with Gasteiger partial charge in [-0.25, -0.2) is 8.78 Å². The standard InChI is InChI=1S/C17H10BrClF2/c18-17(16-13(19)6-3-7-15(16)21)12-8-9-14(20)11-5-2-1-4-10(11)12/h1-9,17H. The van der Waals surface area contributed by atoms with E-state index < -0.39 is 10.6 Å². The highest BCUT2D eigenvalue weighted by Crippen LogP contribution is 2.40. The summed E-state index contributed by atoms with van der Waals surface area (Å²) in [5.74, 6) is -0.688. The summed E-state index contributed by atoms with van der Waals surface area (Å²) in [7, 11) is 0. The SMILES string of the molecule is Fc1cccc(Cl)c1C(Br)c1ccc(F)c2ccccc12. The Hall–Kier alpha value is -1.45. The van der Waals surface area contributed by atoms with Crippen LogP contribution in [0.25, 0.3) is 10.8 Å². The Balaban J connectivity index is 2.23. The largest absolute Gasteiger partial charge is 0.207 e. The fraction of sp³-hybridized carbons (Fsp3) is 0.0588. The van der Waals surface area contributed by atoms with E-state index in [2.05, 4.69) is 15.9 Å². The lowest BCUT2D eigenvalue weighted by atomic mass is 9.97. The molecule has 3 aromatic carbocycles. The molecule has 0 nitrogen and oxygen atoms in total. The third-order valence-electron chi connectivity index (χ3n) is 3.43. The van der Waals surface area contributed by atoms with Gasteiger partial charge in [0, 0.05) is 16.0 Å². The summed E-state index contributed by atoms with van der Waals surface area (Å²) in [4.78, 5) is -0.448. The molecular formula is C17H10BrClF2. The topological polar surface area (TPSA) is 0 Å². The second kappa shape index (κ2) is 5.74. The normalized spacial score (nSPS) is 12.6. The van der Waals surface area contributed by atoms with Crippen molar-refractivity contribution in [3.05, 3.63) is 82.4 Å². The molecule has 0 aliphatic heterocycles. The first-order valence-corrected chi connectivity index (χ1v) is 7.64. The van der Waals surface area contributed by atoms with Gasteiger partial charge in [-0.2, -0.15) is 0 Å². The molecule has 1 unspecified atom stereocenters. The maximum atomic E-state index is 14.1. The monoisotopic (exact) mass is 366 g/mol. The van der Waals surface area contributed by atoms with E-state index in [0.717, 1.165) is 10.9 Å². The Morgan fingerprint density at radius 1 is 0.810 bits per heavy atom. The van der Waals surface area contributed by atoms with Gasteiger partial charge in [0.05, 0.1) is 4.83 Å². The highest BCUT2D eigenvalue weighted by atomic mass is 79.9. The van der Waals surface area contributed by atoms with Crippen molar-refractivity contribution < 1.29 is 8.78 Å². The Morgan fingerprint density at radius 2 is 1.52 bits per heavy atom. The molecule has 1 atom stereocenters.